The number of nitrogens with one attached hydrogen (secondary N) is 2. The molecule has 0 radical (unpaired) electrons. The molecule has 52 heavy (non-hydrogen) atoms. The largest absolute Gasteiger partial charge is 0.471 e. The number of carbonyl (C=O) groups excluding carboxylic acids is 1. The number of aliphatic hydroxyl groups excluding tert-OH is 1. The van der Waals surface area contributed by atoms with Gasteiger partial charge < -0.3 is 34.0 Å². The van der Waals surface area contributed by atoms with Crippen LogP contribution in [0.1, 0.15) is 65.6 Å². The Kier molecular flexibility index (Phi) is 11.0. The van der Waals surface area contributed by atoms with Gasteiger partial charge in [-0.3, -0.25) is 23.8 Å². The van der Waals surface area contributed by atoms with Crippen LogP contribution in [-0.4, -0.2) is 76.7 Å². The third-order valence-electron chi connectivity index (χ3n) is 9.34. The second-order valence-corrected chi connectivity index (χ2v) is 16.8. The van der Waals surface area contributed by atoms with Gasteiger partial charge in [0.1, 0.15) is 54.7 Å². The van der Waals surface area contributed by atoms with Crippen molar-refractivity contribution in [2.45, 2.75) is 102 Å². The van der Waals surface area contributed by atoms with Crippen LogP contribution in [0.5, 0.6) is 5.75 Å². The molecule has 2 aromatic heterocycles. The molecule has 0 spiro atoms. The van der Waals surface area contributed by atoms with Crippen LogP contribution in [0.3, 0.4) is 0 Å². The Balaban J connectivity index is 1.40. The van der Waals surface area contributed by atoms with E-state index in [1.165, 1.54) is 19.1 Å². The van der Waals surface area contributed by atoms with Gasteiger partial charge in [-0.25, -0.2) is 13.6 Å². The van der Waals surface area contributed by atoms with Gasteiger partial charge in [-0.1, -0.05) is 59.6 Å². The molecule has 1 saturated heterocycles. The lowest BCUT2D eigenvalue weighted by molar-refractivity contribution is -0.146. The number of hydrogen-bond donors (Lipinski definition) is 6. The molecule has 1 aliphatic carbocycles. The van der Waals surface area contributed by atoms with Crippen LogP contribution in [0.15, 0.2) is 42.7 Å². The van der Waals surface area contributed by atoms with E-state index in [1.807, 2.05) is 40.7 Å². The summed E-state index contributed by atoms with van der Waals surface area (Å²) in [5.74, 6) is -0.459. The van der Waals surface area contributed by atoms with Gasteiger partial charge in [-0.15, -0.1) is 0 Å². The number of fused-ring (bicyclic) bond motifs is 2. The summed E-state index contributed by atoms with van der Waals surface area (Å²) in [7, 11) is -9.42. The Morgan fingerprint density at radius 2 is 1.83 bits per heavy atom. The maximum atomic E-state index is 14.4. The molecule has 3 aromatic rings. The summed E-state index contributed by atoms with van der Waals surface area (Å²) >= 11 is 0. The molecule has 18 nitrogen and oxygen atoms in total. The number of esters is 1. The van der Waals surface area contributed by atoms with Crippen molar-refractivity contribution in [2.75, 3.05) is 6.61 Å². The summed E-state index contributed by atoms with van der Waals surface area (Å²) in [5.41, 5.74) is -4.12. The van der Waals surface area contributed by atoms with E-state index in [-0.39, 0.29) is 40.4 Å². The topological polar surface area (TPSA) is 260 Å². The van der Waals surface area contributed by atoms with Crippen LogP contribution < -0.4 is 15.1 Å². The first-order valence-corrected chi connectivity index (χ1v) is 19.6. The van der Waals surface area contributed by atoms with Gasteiger partial charge >= 0.3 is 21.5 Å². The molecule has 2 unspecified atom stereocenters. The average molecular weight is 767 g/mol. The summed E-state index contributed by atoms with van der Waals surface area (Å²) < 4.78 is 55.2. The van der Waals surface area contributed by atoms with Crippen molar-refractivity contribution in [2.24, 2.45) is 5.92 Å². The number of rotatable bonds is 15. The van der Waals surface area contributed by atoms with Crippen molar-refractivity contribution in [1.82, 2.24) is 19.3 Å². The molecule has 2 fully saturated rings. The van der Waals surface area contributed by atoms with Crippen molar-refractivity contribution >= 4 is 27.1 Å². The zero-order chi connectivity index (χ0) is 38.4. The maximum Gasteiger partial charge on any atom is 0.471 e. The molecular formula is C32H44N6O12P2. The van der Waals surface area contributed by atoms with Gasteiger partial charge in [-0.2, -0.15) is 15.4 Å². The van der Waals surface area contributed by atoms with E-state index >= 15 is 0 Å². The first-order valence-electron chi connectivity index (χ1n) is 16.6. The number of carbonyl (C=O) groups is 1. The maximum absolute atomic E-state index is 14.4. The SMILES string of the molecule is CCC(CC)COC(=O)[C@H](C)NP(=O)(Oc1ccc(C(C)(C)C)cc1)OC1[C@H]2O[C@@](C#N)(c3ccc4c(=N)n(COP(=O)(O)O)cnn34)[C@H](O)[C@@]12O. The van der Waals surface area contributed by atoms with Crippen LogP contribution >= 0.6 is 15.6 Å². The Bertz CT molecular complexity index is 2000. The third-order valence-corrected chi connectivity index (χ3v) is 11.4. The fourth-order valence-corrected chi connectivity index (χ4v) is 7.95. The van der Waals surface area contributed by atoms with E-state index in [9.17, 15) is 29.4 Å². The van der Waals surface area contributed by atoms with Gasteiger partial charge in [0, 0.05) is 0 Å². The molecule has 20 heteroatoms. The highest BCUT2D eigenvalue weighted by molar-refractivity contribution is 7.52. The summed E-state index contributed by atoms with van der Waals surface area (Å²) in [6, 6.07) is 10.1. The monoisotopic (exact) mass is 766 g/mol. The number of nitrogens with zero attached hydrogens (tertiary/aromatic N) is 4. The molecule has 284 valence electrons. The van der Waals surface area contributed by atoms with Gasteiger partial charge in [0.2, 0.25) is 5.60 Å². The van der Waals surface area contributed by atoms with Crippen LogP contribution in [0.2, 0.25) is 0 Å². The molecule has 6 N–H and O–H groups in total. The van der Waals surface area contributed by atoms with Gasteiger partial charge in [-0.05, 0) is 48.1 Å². The van der Waals surface area contributed by atoms with Crippen LogP contribution in [-0.2, 0) is 50.2 Å². The fourth-order valence-electron chi connectivity index (χ4n) is 5.96. The zero-order valence-electron chi connectivity index (χ0n) is 29.5. The lowest BCUT2D eigenvalue weighted by Crippen LogP contribution is -2.48. The molecule has 3 heterocycles. The molecule has 2 aliphatic rings. The van der Waals surface area contributed by atoms with Crippen LogP contribution in [0.4, 0.5) is 0 Å². The minimum Gasteiger partial charge on any atom is -0.464 e. The number of aliphatic hydroxyl groups is 2. The predicted molar refractivity (Wildman–Crippen MR) is 181 cm³/mol. The van der Waals surface area contributed by atoms with Crippen molar-refractivity contribution in [3.63, 3.8) is 0 Å². The number of phosphoric acid groups is 1. The first-order chi connectivity index (χ1) is 24.2. The minimum atomic E-state index is -4.86. The Morgan fingerprint density at radius 1 is 1.17 bits per heavy atom. The normalized spacial score (nSPS) is 26.1. The Hall–Kier alpha value is -3.46. The Morgan fingerprint density at radius 3 is 2.37 bits per heavy atom. The third kappa shape index (κ3) is 7.62. The van der Waals surface area contributed by atoms with E-state index in [4.69, 9.17) is 33.7 Å². The number of nitriles is 1. The molecule has 1 aliphatic heterocycles. The van der Waals surface area contributed by atoms with Crippen molar-refractivity contribution < 1.29 is 57.0 Å². The van der Waals surface area contributed by atoms with Crippen molar-refractivity contribution in [3.8, 4) is 11.8 Å². The van der Waals surface area contributed by atoms with E-state index in [1.54, 1.807) is 24.3 Å². The lowest BCUT2D eigenvalue weighted by Gasteiger charge is -2.31. The summed E-state index contributed by atoms with van der Waals surface area (Å²) in [6.07, 6.45) is -2.31. The highest BCUT2D eigenvalue weighted by Crippen LogP contribution is 2.63. The molecule has 0 amide bonds. The van der Waals surface area contributed by atoms with E-state index in [2.05, 4.69) is 14.7 Å². The lowest BCUT2D eigenvalue weighted by atomic mass is 9.87. The highest BCUT2D eigenvalue weighted by Gasteiger charge is 2.84. The molecule has 7 atom stereocenters. The summed E-state index contributed by atoms with van der Waals surface area (Å²) in [5, 5.41) is 48.7. The number of aromatic nitrogens is 3. The molecule has 0 bridgehead atoms. The minimum absolute atomic E-state index is 0.0437. The second kappa shape index (κ2) is 14.4. The first kappa shape index (κ1) is 39.7. The van der Waals surface area contributed by atoms with Gasteiger partial charge in [0.15, 0.2) is 11.1 Å². The standard InChI is InChI=1S/C32H44N6O12P2/c1-7-20(8-2)15-46-28(39)19(3)36-51(42,49-22-11-9-21(10-12-22)30(4,5)6)50-26-25-32(26,41)29(40)31(16-33,48-25)24-14-13-23-27(34)37(17-35-38(23)24)18-47-52(43,44)45/h9-14,17,19-20,25-26,29,34,40-41H,7-8,15,18H2,1-6H3,(H,36,42)(H2,43,44,45)/t19-,25+,26?,29-,31-,32-,51?/m0/s1. The summed E-state index contributed by atoms with van der Waals surface area (Å²) in [6.45, 7) is 10.9. The van der Waals surface area contributed by atoms with E-state index in [0.29, 0.717) is 0 Å². The van der Waals surface area contributed by atoms with E-state index in [0.717, 1.165) is 33.8 Å². The number of hydrogen-bond acceptors (Lipinski definition) is 13. The van der Waals surface area contributed by atoms with Gasteiger partial charge in [0.05, 0.1) is 12.3 Å². The number of phosphoric ester groups is 1. The quantitative estimate of drug-likeness (QED) is 0.0960. The predicted octanol–water partition coefficient (Wildman–Crippen LogP) is 2.73. The number of ether oxygens (including phenoxy) is 2. The zero-order valence-corrected chi connectivity index (χ0v) is 31.3. The Labute approximate surface area is 299 Å². The average Bonchev–Trinajstić information content (AvgIpc) is 3.33. The van der Waals surface area contributed by atoms with Crippen LogP contribution in [0.25, 0.3) is 5.52 Å². The van der Waals surface area contributed by atoms with Crippen molar-refractivity contribution in [1.29, 1.82) is 10.7 Å². The summed E-state index contributed by atoms with van der Waals surface area (Å²) in [4.78, 5) is 31.0. The second-order valence-electron chi connectivity index (χ2n) is 13.9. The fraction of sp³-hybridized carbons (Fsp3) is 0.562. The van der Waals surface area contributed by atoms with E-state index < -0.39 is 63.8 Å². The molecular weight excluding hydrogens is 722 g/mol. The van der Waals surface area contributed by atoms with Crippen LogP contribution in [0, 0.1) is 22.7 Å². The molecule has 1 aromatic carbocycles. The molecule has 1 saturated carbocycles. The smallest absolute Gasteiger partial charge is 0.464 e. The number of benzene rings is 1. The van der Waals surface area contributed by atoms with Gasteiger partial charge in [0.25, 0.3) is 0 Å². The highest BCUT2D eigenvalue weighted by atomic mass is 31.2. The van der Waals surface area contributed by atoms with Crippen molar-refractivity contribution in [3.05, 3.63) is 59.5 Å². The molecule has 5 rings (SSSR count).